The number of hydrogen-bond donors (Lipinski definition) is 0. The maximum atomic E-state index is 12.1. The van der Waals surface area contributed by atoms with Crippen molar-refractivity contribution >= 4 is 21.4 Å². The van der Waals surface area contributed by atoms with E-state index in [0.717, 1.165) is 18.4 Å². The average Bonchev–Trinajstić information content (AvgIpc) is 2.34. The summed E-state index contributed by atoms with van der Waals surface area (Å²) in [5.74, 6) is 0.805. The van der Waals surface area contributed by atoms with Crippen LogP contribution in [-0.4, -0.2) is 20.1 Å². The van der Waals surface area contributed by atoms with E-state index in [1.807, 2.05) is 12.1 Å². The van der Waals surface area contributed by atoms with Gasteiger partial charge in [0.2, 0.25) is 0 Å². The zero-order valence-corrected chi connectivity index (χ0v) is 13.5. The number of unbranched alkanes of at least 4 members (excludes halogenated alkanes) is 2. The van der Waals surface area contributed by atoms with E-state index >= 15 is 0 Å². The molecule has 0 aliphatic carbocycles. The first-order chi connectivity index (χ1) is 8.77. The van der Waals surface area contributed by atoms with E-state index in [-0.39, 0.29) is 11.2 Å². The highest BCUT2D eigenvalue weighted by Crippen LogP contribution is 2.24. The third-order valence-electron chi connectivity index (χ3n) is 3.13. The minimum Gasteiger partial charge on any atom is -0.224 e. The zero-order valence-electron chi connectivity index (χ0n) is 11.9. The van der Waals surface area contributed by atoms with Crippen LogP contribution in [0, 0.1) is 0 Å². The summed E-state index contributed by atoms with van der Waals surface area (Å²) in [5, 5.41) is 0. The molecule has 4 heteroatoms. The fourth-order valence-corrected chi connectivity index (χ4v) is 3.40. The lowest BCUT2D eigenvalue weighted by molar-refractivity contribution is 0.584. The van der Waals surface area contributed by atoms with E-state index in [2.05, 4.69) is 20.8 Å². The lowest BCUT2D eigenvalue weighted by Gasteiger charge is -2.19. The fraction of sp³-hybridized carbons (Fsp3) is 0.600. The smallest absolute Gasteiger partial charge is 0.178 e. The maximum Gasteiger partial charge on any atom is 0.178 e. The second-order valence-electron chi connectivity index (χ2n) is 5.84. The first-order valence-electron chi connectivity index (χ1n) is 6.66. The molecule has 0 saturated heterocycles. The van der Waals surface area contributed by atoms with Gasteiger partial charge in [-0.05, 0) is 36.0 Å². The van der Waals surface area contributed by atoms with Crippen molar-refractivity contribution < 1.29 is 8.42 Å². The van der Waals surface area contributed by atoms with Gasteiger partial charge < -0.3 is 0 Å². The van der Waals surface area contributed by atoms with Crippen LogP contribution < -0.4 is 0 Å². The molecule has 0 atom stereocenters. The molecule has 0 unspecified atom stereocenters. The van der Waals surface area contributed by atoms with Gasteiger partial charge in [0.15, 0.2) is 9.84 Å². The summed E-state index contributed by atoms with van der Waals surface area (Å²) in [7, 11) is -3.15. The van der Waals surface area contributed by atoms with Crippen LogP contribution in [0.25, 0.3) is 0 Å². The summed E-state index contributed by atoms with van der Waals surface area (Å²) in [5.41, 5.74) is 1.19. The summed E-state index contributed by atoms with van der Waals surface area (Å²) >= 11 is 5.58. The predicted molar refractivity (Wildman–Crippen MR) is 81.8 cm³/mol. The maximum absolute atomic E-state index is 12.1. The van der Waals surface area contributed by atoms with E-state index in [1.165, 1.54) is 0 Å². The van der Waals surface area contributed by atoms with Crippen molar-refractivity contribution in [3.05, 3.63) is 29.8 Å². The number of sulfone groups is 1. The molecule has 19 heavy (non-hydrogen) atoms. The van der Waals surface area contributed by atoms with E-state index in [4.69, 9.17) is 11.6 Å². The van der Waals surface area contributed by atoms with Gasteiger partial charge in [0.25, 0.3) is 0 Å². The van der Waals surface area contributed by atoms with Gasteiger partial charge in [0.1, 0.15) is 0 Å². The summed E-state index contributed by atoms with van der Waals surface area (Å²) in [4.78, 5) is 0.423. The molecule has 0 saturated carbocycles. The van der Waals surface area contributed by atoms with Crippen molar-refractivity contribution in [1.82, 2.24) is 0 Å². The standard InChI is InChI=1S/C15H23ClO2S/c1-15(2,3)13-7-9-14(10-8-13)19(17,18)12-6-4-5-11-16/h7-10H,4-6,11-12H2,1-3H3. The van der Waals surface area contributed by atoms with E-state index in [0.29, 0.717) is 17.2 Å². The zero-order chi connectivity index (χ0) is 14.5. The molecule has 0 bridgehead atoms. The highest BCUT2D eigenvalue weighted by atomic mass is 35.5. The third kappa shape index (κ3) is 5.15. The summed E-state index contributed by atoms with van der Waals surface area (Å²) < 4.78 is 24.2. The molecule has 0 N–H and O–H groups in total. The van der Waals surface area contributed by atoms with Gasteiger partial charge in [-0.1, -0.05) is 39.3 Å². The van der Waals surface area contributed by atoms with Crippen molar-refractivity contribution in [3.63, 3.8) is 0 Å². The number of benzene rings is 1. The van der Waals surface area contributed by atoms with Gasteiger partial charge in [0, 0.05) is 5.88 Å². The number of halogens is 1. The second-order valence-corrected chi connectivity index (χ2v) is 8.33. The van der Waals surface area contributed by atoms with Crippen LogP contribution in [0.4, 0.5) is 0 Å². The topological polar surface area (TPSA) is 34.1 Å². The van der Waals surface area contributed by atoms with Crippen LogP contribution in [0.15, 0.2) is 29.2 Å². The van der Waals surface area contributed by atoms with Gasteiger partial charge >= 0.3 is 0 Å². The molecule has 0 aliphatic rings. The Kier molecular flexibility index (Phi) is 5.87. The molecule has 0 aromatic heterocycles. The largest absolute Gasteiger partial charge is 0.224 e. The van der Waals surface area contributed by atoms with Crippen LogP contribution in [0.1, 0.15) is 45.6 Å². The molecule has 0 spiro atoms. The van der Waals surface area contributed by atoms with Crippen molar-refractivity contribution in [3.8, 4) is 0 Å². The molecule has 0 heterocycles. The third-order valence-corrected chi connectivity index (χ3v) is 5.21. The van der Waals surface area contributed by atoms with Gasteiger partial charge in [0.05, 0.1) is 10.6 Å². The molecule has 2 nitrogen and oxygen atoms in total. The van der Waals surface area contributed by atoms with Gasteiger partial charge in [-0.3, -0.25) is 0 Å². The summed E-state index contributed by atoms with van der Waals surface area (Å²) in [6.45, 7) is 6.34. The Hall–Kier alpha value is -0.540. The van der Waals surface area contributed by atoms with Crippen molar-refractivity contribution in [2.75, 3.05) is 11.6 Å². The Morgan fingerprint density at radius 2 is 1.58 bits per heavy atom. The monoisotopic (exact) mass is 302 g/mol. The van der Waals surface area contributed by atoms with Gasteiger partial charge in [-0.2, -0.15) is 0 Å². The lowest BCUT2D eigenvalue weighted by atomic mass is 9.87. The van der Waals surface area contributed by atoms with Crippen molar-refractivity contribution in [2.24, 2.45) is 0 Å². The van der Waals surface area contributed by atoms with E-state index in [1.54, 1.807) is 12.1 Å². The van der Waals surface area contributed by atoms with Crippen LogP contribution in [0.2, 0.25) is 0 Å². The van der Waals surface area contributed by atoms with E-state index < -0.39 is 9.84 Å². The number of rotatable bonds is 6. The van der Waals surface area contributed by atoms with Crippen LogP contribution >= 0.6 is 11.6 Å². The Morgan fingerprint density at radius 1 is 1.00 bits per heavy atom. The highest BCUT2D eigenvalue weighted by molar-refractivity contribution is 7.91. The molecule has 0 fully saturated rings. The Balaban J connectivity index is 2.74. The Bertz CT molecular complexity index is 484. The van der Waals surface area contributed by atoms with Gasteiger partial charge in [-0.25, -0.2) is 8.42 Å². The lowest BCUT2D eigenvalue weighted by Crippen LogP contribution is -2.12. The summed E-state index contributed by atoms with van der Waals surface area (Å²) in [6.07, 6.45) is 2.42. The Labute approximate surface area is 122 Å². The SMILES string of the molecule is CC(C)(C)c1ccc(S(=O)(=O)CCCCCCl)cc1. The molecule has 1 rings (SSSR count). The predicted octanol–water partition coefficient (Wildman–Crippen LogP) is 4.17. The van der Waals surface area contributed by atoms with Crippen LogP contribution in [0.5, 0.6) is 0 Å². The summed E-state index contributed by atoms with van der Waals surface area (Å²) in [6, 6.07) is 7.26. The molecule has 1 aromatic carbocycles. The van der Waals surface area contributed by atoms with Crippen molar-refractivity contribution in [1.29, 1.82) is 0 Å². The number of hydrogen-bond acceptors (Lipinski definition) is 2. The first-order valence-corrected chi connectivity index (χ1v) is 8.85. The molecule has 0 amide bonds. The average molecular weight is 303 g/mol. The van der Waals surface area contributed by atoms with Gasteiger partial charge in [-0.15, -0.1) is 11.6 Å². The van der Waals surface area contributed by atoms with Crippen LogP contribution in [0.3, 0.4) is 0 Å². The molecule has 0 aliphatic heterocycles. The quantitative estimate of drug-likeness (QED) is 0.584. The second kappa shape index (κ2) is 6.76. The minimum atomic E-state index is -3.15. The van der Waals surface area contributed by atoms with E-state index in [9.17, 15) is 8.42 Å². The minimum absolute atomic E-state index is 0.0443. The molecule has 0 radical (unpaired) electrons. The molecular weight excluding hydrogens is 280 g/mol. The first kappa shape index (κ1) is 16.5. The molecule has 1 aromatic rings. The molecular formula is C15H23ClO2S. The molecule has 108 valence electrons. The highest BCUT2D eigenvalue weighted by Gasteiger charge is 2.17. The van der Waals surface area contributed by atoms with Crippen molar-refractivity contribution in [2.45, 2.75) is 50.3 Å². The van der Waals surface area contributed by atoms with Crippen LogP contribution in [-0.2, 0) is 15.3 Å². The normalized spacial score (nSPS) is 12.6. The Morgan fingerprint density at radius 3 is 2.05 bits per heavy atom. The fourth-order valence-electron chi connectivity index (χ4n) is 1.84. The number of alkyl halides is 1.